The molecule has 0 saturated heterocycles. The fourth-order valence-corrected chi connectivity index (χ4v) is 2.32. The molecule has 1 heterocycles. The van der Waals surface area contributed by atoms with Gasteiger partial charge in [0, 0.05) is 16.5 Å². The first-order chi connectivity index (χ1) is 12.0. The summed E-state index contributed by atoms with van der Waals surface area (Å²) in [4.78, 5) is 29.3. The number of aromatic nitrogens is 1. The fourth-order valence-electron chi connectivity index (χ4n) is 2.32. The molecular weight excluding hydrogens is 322 g/mol. The number of nitrogens with two attached hydrogens (primary N) is 1. The Morgan fingerprint density at radius 1 is 1.12 bits per heavy atom. The first-order valence-corrected chi connectivity index (χ1v) is 7.44. The van der Waals surface area contributed by atoms with Crippen molar-refractivity contribution in [1.29, 1.82) is 0 Å². The number of nitrogens with one attached hydrogen (secondary N) is 1. The van der Waals surface area contributed by atoms with E-state index in [1.54, 1.807) is 18.2 Å². The van der Waals surface area contributed by atoms with Crippen molar-refractivity contribution in [2.24, 2.45) is 10.7 Å². The van der Waals surface area contributed by atoms with Gasteiger partial charge in [0.05, 0.1) is 0 Å². The van der Waals surface area contributed by atoms with E-state index in [0.29, 0.717) is 16.5 Å². The zero-order valence-corrected chi connectivity index (χ0v) is 13.1. The summed E-state index contributed by atoms with van der Waals surface area (Å²) in [5, 5.41) is 9.65. The molecule has 126 valence electrons. The molecule has 7 nitrogen and oxygen atoms in total. The molecule has 0 aliphatic heterocycles. The second-order valence-corrected chi connectivity index (χ2v) is 5.33. The van der Waals surface area contributed by atoms with Gasteiger partial charge in [0.15, 0.2) is 0 Å². The maximum absolute atomic E-state index is 11.8. The van der Waals surface area contributed by atoms with Crippen LogP contribution in [0.3, 0.4) is 0 Å². The quantitative estimate of drug-likeness (QED) is 0.500. The molecule has 1 aromatic heterocycles. The van der Waals surface area contributed by atoms with Crippen LogP contribution < -0.4 is 5.73 Å². The fraction of sp³-hybridized carbons (Fsp3) is 0.0556. The smallest absolute Gasteiger partial charge is 0.435 e. The lowest BCUT2D eigenvalue weighted by atomic mass is 10.1. The molecule has 0 aliphatic rings. The number of carbonyl (C=O) groups is 2. The molecule has 4 N–H and O–H groups in total. The molecule has 0 fully saturated rings. The molecule has 1 amide bonds. The van der Waals surface area contributed by atoms with E-state index in [2.05, 4.69) is 9.98 Å². The molecule has 0 aliphatic carbocycles. The number of carbonyl (C=O) groups excluding carboxylic acids is 1. The van der Waals surface area contributed by atoms with Crippen LogP contribution in [0.15, 0.2) is 59.6 Å². The summed E-state index contributed by atoms with van der Waals surface area (Å²) in [6.45, 7) is 0.106. The van der Waals surface area contributed by atoms with Gasteiger partial charge in [0.2, 0.25) is 0 Å². The largest absolute Gasteiger partial charge is 0.477 e. The number of aromatic carboxylic acids is 1. The first kappa shape index (κ1) is 16.3. The van der Waals surface area contributed by atoms with E-state index in [1.165, 1.54) is 6.07 Å². The van der Waals surface area contributed by atoms with Gasteiger partial charge in [0.1, 0.15) is 18.1 Å². The number of H-pyrrole nitrogens is 1. The topological polar surface area (TPSA) is 118 Å². The lowest BCUT2D eigenvalue weighted by Gasteiger charge is -2.03. The van der Waals surface area contributed by atoms with Gasteiger partial charge >= 0.3 is 12.1 Å². The SMILES string of the molecule is N/C(=N/C(=O)OCc1ccccc1)c1ccc2[nH]c(C(=O)O)cc2c1. The lowest BCUT2D eigenvalue weighted by molar-refractivity contribution is 0.0691. The molecule has 2 aromatic carbocycles. The van der Waals surface area contributed by atoms with Gasteiger partial charge in [-0.3, -0.25) is 0 Å². The maximum Gasteiger partial charge on any atom is 0.435 e. The minimum absolute atomic E-state index is 0.00182. The number of amidine groups is 1. The number of rotatable bonds is 4. The van der Waals surface area contributed by atoms with E-state index in [9.17, 15) is 9.59 Å². The number of nitrogens with zero attached hydrogens (tertiary/aromatic N) is 1. The normalized spacial score (nSPS) is 11.4. The van der Waals surface area contributed by atoms with Crippen molar-refractivity contribution >= 4 is 28.8 Å². The number of carboxylic acid groups (broad SMARTS) is 1. The molecular formula is C18H15N3O4. The van der Waals surface area contributed by atoms with Crippen molar-refractivity contribution in [3.8, 4) is 0 Å². The zero-order valence-electron chi connectivity index (χ0n) is 13.1. The van der Waals surface area contributed by atoms with Crippen LogP contribution in [0.2, 0.25) is 0 Å². The average Bonchev–Trinajstić information content (AvgIpc) is 3.04. The maximum atomic E-state index is 11.8. The van der Waals surface area contributed by atoms with Gasteiger partial charge in [0.25, 0.3) is 0 Å². The van der Waals surface area contributed by atoms with Gasteiger partial charge in [-0.1, -0.05) is 30.3 Å². The Hall–Kier alpha value is -3.61. The average molecular weight is 337 g/mol. The number of fused-ring (bicyclic) bond motifs is 1. The van der Waals surface area contributed by atoms with Crippen LogP contribution in [0.5, 0.6) is 0 Å². The molecule has 0 atom stereocenters. The number of hydrogen-bond donors (Lipinski definition) is 3. The van der Waals surface area contributed by atoms with Crippen molar-refractivity contribution in [2.75, 3.05) is 0 Å². The monoisotopic (exact) mass is 337 g/mol. The van der Waals surface area contributed by atoms with E-state index in [-0.39, 0.29) is 18.1 Å². The third-order valence-electron chi connectivity index (χ3n) is 3.56. The van der Waals surface area contributed by atoms with Crippen LogP contribution in [0.4, 0.5) is 4.79 Å². The van der Waals surface area contributed by atoms with E-state index in [1.807, 2.05) is 30.3 Å². The second kappa shape index (κ2) is 6.88. The summed E-state index contributed by atoms with van der Waals surface area (Å²) in [6.07, 6.45) is -0.790. The molecule has 0 saturated carbocycles. The molecule has 0 unspecified atom stereocenters. The van der Waals surface area contributed by atoms with E-state index < -0.39 is 12.1 Å². The van der Waals surface area contributed by atoms with Crippen molar-refractivity contribution in [2.45, 2.75) is 6.61 Å². The molecule has 25 heavy (non-hydrogen) atoms. The first-order valence-electron chi connectivity index (χ1n) is 7.44. The Bertz CT molecular complexity index is 961. The Kier molecular flexibility index (Phi) is 4.47. The van der Waals surface area contributed by atoms with Gasteiger partial charge in [-0.25, -0.2) is 9.59 Å². The van der Waals surface area contributed by atoms with Crippen molar-refractivity contribution < 1.29 is 19.4 Å². The minimum Gasteiger partial charge on any atom is -0.477 e. The Labute approximate surface area is 142 Å². The summed E-state index contributed by atoms with van der Waals surface area (Å²) in [5.41, 5.74) is 7.92. The predicted octanol–water partition coefficient (Wildman–Crippen LogP) is 2.91. The van der Waals surface area contributed by atoms with E-state index >= 15 is 0 Å². The van der Waals surface area contributed by atoms with Gasteiger partial charge in [-0.15, -0.1) is 0 Å². The van der Waals surface area contributed by atoms with Crippen LogP contribution in [0.25, 0.3) is 10.9 Å². The Morgan fingerprint density at radius 2 is 1.88 bits per heavy atom. The lowest BCUT2D eigenvalue weighted by Crippen LogP contribution is -2.16. The Balaban J connectivity index is 1.73. The summed E-state index contributed by atoms with van der Waals surface area (Å²) in [5.74, 6) is -1.05. The highest BCUT2D eigenvalue weighted by Crippen LogP contribution is 2.17. The van der Waals surface area contributed by atoms with Crippen molar-refractivity contribution in [3.63, 3.8) is 0 Å². The molecule has 7 heteroatoms. The number of ether oxygens (including phenoxy) is 1. The number of carboxylic acids is 1. The number of aromatic amines is 1. The third kappa shape index (κ3) is 3.84. The van der Waals surface area contributed by atoms with E-state index in [4.69, 9.17) is 15.6 Å². The molecule has 0 radical (unpaired) electrons. The van der Waals surface area contributed by atoms with Crippen LogP contribution >= 0.6 is 0 Å². The summed E-state index contributed by atoms with van der Waals surface area (Å²) in [7, 11) is 0. The van der Waals surface area contributed by atoms with Crippen LogP contribution in [-0.2, 0) is 11.3 Å². The van der Waals surface area contributed by atoms with Gasteiger partial charge in [-0.05, 0) is 29.8 Å². The number of hydrogen-bond acceptors (Lipinski definition) is 3. The van der Waals surface area contributed by atoms with Crippen molar-refractivity contribution in [1.82, 2.24) is 4.98 Å². The summed E-state index contributed by atoms with van der Waals surface area (Å²) >= 11 is 0. The number of benzene rings is 2. The van der Waals surface area contributed by atoms with Crippen molar-refractivity contribution in [3.05, 3.63) is 71.4 Å². The summed E-state index contributed by atoms with van der Waals surface area (Å²) in [6, 6.07) is 15.7. The van der Waals surface area contributed by atoms with Crippen LogP contribution in [-0.4, -0.2) is 28.0 Å². The highest BCUT2D eigenvalue weighted by Gasteiger charge is 2.10. The van der Waals surface area contributed by atoms with Crippen LogP contribution in [0.1, 0.15) is 21.6 Å². The number of aliphatic imine (C=N–C) groups is 1. The number of amides is 1. The molecule has 0 spiro atoms. The Morgan fingerprint density at radius 3 is 2.60 bits per heavy atom. The highest BCUT2D eigenvalue weighted by atomic mass is 16.5. The molecule has 0 bridgehead atoms. The zero-order chi connectivity index (χ0) is 17.8. The van der Waals surface area contributed by atoms with Crippen LogP contribution in [0, 0.1) is 0 Å². The van der Waals surface area contributed by atoms with E-state index in [0.717, 1.165) is 5.56 Å². The van der Waals surface area contributed by atoms with Gasteiger partial charge < -0.3 is 20.6 Å². The predicted molar refractivity (Wildman–Crippen MR) is 92.6 cm³/mol. The van der Waals surface area contributed by atoms with Gasteiger partial charge in [-0.2, -0.15) is 4.99 Å². The second-order valence-electron chi connectivity index (χ2n) is 5.33. The molecule has 3 rings (SSSR count). The molecule has 3 aromatic rings. The summed E-state index contributed by atoms with van der Waals surface area (Å²) < 4.78 is 5.05. The minimum atomic E-state index is -1.05. The third-order valence-corrected chi connectivity index (χ3v) is 3.56. The highest BCUT2D eigenvalue weighted by molar-refractivity contribution is 6.05. The standard InChI is InChI=1S/C18H15N3O4/c19-16(21-18(24)25-10-11-4-2-1-3-5-11)12-6-7-14-13(8-12)9-15(20-14)17(22)23/h1-9,20H,10H2,(H,22,23)(H2,19,21,24).